The van der Waals surface area contributed by atoms with Gasteiger partial charge in [0, 0.05) is 6.61 Å². The van der Waals surface area contributed by atoms with Crippen LogP contribution in [0.1, 0.15) is 23.6 Å². The molecule has 3 heteroatoms. The maximum atomic E-state index is 10.6. The first kappa shape index (κ1) is 11.7. The molecule has 15 heavy (non-hydrogen) atoms. The molecule has 1 aromatic carbocycles. The molecule has 0 aliphatic heterocycles. The number of aryl methyl sites for hydroxylation is 1. The lowest BCUT2D eigenvalue weighted by molar-refractivity contribution is -0.136. The molecule has 0 heterocycles. The minimum Gasteiger partial charge on any atom is -0.481 e. The Labute approximate surface area is 89.7 Å². The Morgan fingerprint density at radius 2 is 2.00 bits per heavy atom. The molecular weight excluding hydrogens is 192 g/mol. The van der Waals surface area contributed by atoms with Crippen LogP contribution in [0.5, 0.6) is 0 Å². The van der Waals surface area contributed by atoms with Crippen molar-refractivity contribution in [3.63, 3.8) is 0 Å². The molecule has 0 amide bonds. The van der Waals surface area contributed by atoms with Gasteiger partial charge in [-0.25, -0.2) is 0 Å². The van der Waals surface area contributed by atoms with Crippen molar-refractivity contribution in [2.24, 2.45) is 0 Å². The molecule has 0 aliphatic rings. The number of hydrogen-bond acceptors (Lipinski definition) is 2. The number of benzene rings is 1. The maximum absolute atomic E-state index is 10.6. The first-order valence-electron chi connectivity index (χ1n) is 5.00. The Bertz CT molecular complexity index is 345. The Hall–Kier alpha value is -1.35. The first-order valence-corrected chi connectivity index (χ1v) is 5.00. The van der Waals surface area contributed by atoms with Crippen LogP contribution >= 0.6 is 0 Å². The second kappa shape index (κ2) is 5.51. The van der Waals surface area contributed by atoms with Gasteiger partial charge in [0.15, 0.2) is 0 Å². The summed E-state index contributed by atoms with van der Waals surface area (Å²) in [6.45, 7) is 5.11. The van der Waals surface area contributed by atoms with E-state index in [9.17, 15) is 4.79 Å². The minimum atomic E-state index is -0.803. The van der Waals surface area contributed by atoms with Crippen molar-refractivity contribution in [3.8, 4) is 0 Å². The van der Waals surface area contributed by atoms with Gasteiger partial charge in [0.1, 0.15) is 0 Å². The molecule has 0 fully saturated rings. The Kier molecular flexibility index (Phi) is 4.31. The van der Waals surface area contributed by atoms with Gasteiger partial charge in [-0.15, -0.1) is 0 Å². The molecule has 82 valence electrons. The SMILES string of the molecule is CCOCc1cc(C)cc(CC(=O)O)c1. The monoisotopic (exact) mass is 208 g/mol. The maximum Gasteiger partial charge on any atom is 0.307 e. The predicted octanol–water partition coefficient (Wildman–Crippen LogP) is 2.16. The molecule has 0 atom stereocenters. The zero-order chi connectivity index (χ0) is 11.3. The molecule has 1 rings (SSSR count). The average Bonchev–Trinajstić information content (AvgIpc) is 2.12. The lowest BCUT2D eigenvalue weighted by atomic mass is 10.0. The molecule has 0 spiro atoms. The highest BCUT2D eigenvalue weighted by atomic mass is 16.5. The van der Waals surface area contributed by atoms with Gasteiger partial charge in [0.05, 0.1) is 13.0 Å². The lowest BCUT2D eigenvalue weighted by Gasteiger charge is -2.06. The predicted molar refractivity (Wildman–Crippen MR) is 57.8 cm³/mol. The second-order valence-corrected chi connectivity index (χ2v) is 3.53. The summed E-state index contributed by atoms with van der Waals surface area (Å²) in [5, 5.41) is 8.69. The summed E-state index contributed by atoms with van der Waals surface area (Å²) in [7, 11) is 0. The number of carboxylic acids is 1. The summed E-state index contributed by atoms with van der Waals surface area (Å²) in [5.41, 5.74) is 2.94. The fourth-order valence-electron chi connectivity index (χ4n) is 1.53. The van der Waals surface area contributed by atoms with Crippen LogP contribution in [0.4, 0.5) is 0 Å². The van der Waals surface area contributed by atoms with E-state index in [4.69, 9.17) is 9.84 Å². The molecule has 0 aliphatic carbocycles. The van der Waals surface area contributed by atoms with E-state index in [-0.39, 0.29) is 6.42 Å². The molecule has 0 unspecified atom stereocenters. The van der Waals surface area contributed by atoms with Crippen molar-refractivity contribution in [2.45, 2.75) is 26.9 Å². The van der Waals surface area contributed by atoms with Gasteiger partial charge in [-0.3, -0.25) is 4.79 Å². The van der Waals surface area contributed by atoms with E-state index >= 15 is 0 Å². The van der Waals surface area contributed by atoms with E-state index in [1.54, 1.807) is 0 Å². The largest absolute Gasteiger partial charge is 0.481 e. The molecule has 0 bridgehead atoms. The van der Waals surface area contributed by atoms with Crippen molar-refractivity contribution in [3.05, 3.63) is 34.9 Å². The third-order valence-electron chi connectivity index (χ3n) is 2.03. The zero-order valence-corrected chi connectivity index (χ0v) is 9.12. The molecule has 0 saturated carbocycles. The van der Waals surface area contributed by atoms with Crippen LogP contribution in [0.15, 0.2) is 18.2 Å². The molecular formula is C12H16O3. The van der Waals surface area contributed by atoms with Crippen LogP contribution < -0.4 is 0 Å². The van der Waals surface area contributed by atoms with Crippen molar-refractivity contribution in [1.29, 1.82) is 0 Å². The van der Waals surface area contributed by atoms with Gasteiger partial charge in [-0.05, 0) is 25.0 Å². The number of rotatable bonds is 5. The van der Waals surface area contributed by atoms with E-state index in [1.807, 2.05) is 32.0 Å². The number of carboxylic acid groups (broad SMARTS) is 1. The van der Waals surface area contributed by atoms with Gasteiger partial charge in [0.2, 0.25) is 0 Å². The van der Waals surface area contributed by atoms with Crippen LogP contribution in [0.2, 0.25) is 0 Å². The highest BCUT2D eigenvalue weighted by molar-refractivity contribution is 5.70. The van der Waals surface area contributed by atoms with E-state index in [0.29, 0.717) is 13.2 Å². The summed E-state index contributed by atoms with van der Waals surface area (Å²) >= 11 is 0. The van der Waals surface area contributed by atoms with Crippen LogP contribution in [0, 0.1) is 6.92 Å². The number of carbonyl (C=O) groups is 1. The molecule has 0 saturated heterocycles. The lowest BCUT2D eigenvalue weighted by Crippen LogP contribution is -2.02. The minimum absolute atomic E-state index is 0.0702. The van der Waals surface area contributed by atoms with E-state index in [0.717, 1.165) is 16.7 Å². The normalized spacial score (nSPS) is 10.3. The molecule has 1 N–H and O–H groups in total. The van der Waals surface area contributed by atoms with Crippen molar-refractivity contribution in [2.75, 3.05) is 6.61 Å². The van der Waals surface area contributed by atoms with Gasteiger partial charge in [0.25, 0.3) is 0 Å². The summed E-state index contributed by atoms with van der Waals surface area (Å²) in [4.78, 5) is 10.6. The van der Waals surface area contributed by atoms with Crippen LogP contribution in [-0.2, 0) is 22.6 Å². The summed E-state index contributed by atoms with van der Waals surface area (Å²) < 4.78 is 5.29. The van der Waals surface area contributed by atoms with Gasteiger partial charge < -0.3 is 9.84 Å². The van der Waals surface area contributed by atoms with Gasteiger partial charge in [-0.2, -0.15) is 0 Å². The highest BCUT2D eigenvalue weighted by Crippen LogP contribution is 2.11. The van der Waals surface area contributed by atoms with Crippen molar-refractivity contribution >= 4 is 5.97 Å². The van der Waals surface area contributed by atoms with Crippen molar-refractivity contribution in [1.82, 2.24) is 0 Å². The molecule has 3 nitrogen and oxygen atoms in total. The fraction of sp³-hybridized carbons (Fsp3) is 0.417. The topological polar surface area (TPSA) is 46.5 Å². The zero-order valence-electron chi connectivity index (χ0n) is 9.12. The highest BCUT2D eigenvalue weighted by Gasteiger charge is 2.03. The molecule has 0 aromatic heterocycles. The Morgan fingerprint density at radius 3 is 2.60 bits per heavy atom. The van der Waals surface area contributed by atoms with E-state index in [1.165, 1.54) is 0 Å². The van der Waals surface area contributed by atoms with Gasteiger partial charge in [-0.1, -0.05) is 23.8 Å². The van der Waals surface area contributed by atoms with Crippen LogP contribution in [0.3, 0.4) is 0 Å². The third-order valence-corrected chi connectivity index (χ3v) is 2.03. The standard InChI is InChI=1S/C12H16O3/c1-3-15-8-11-5-9(2)4-10(6-11)7-12(13)14/h4-6H,3,7-8H2,1-2H3,(H,13,14). The summed E-state index contributed by atoms with van der Waals surface area (Å²) in [6.07, 6.45) is 0.0702. The fourth-order valence-corrected chi connectivity index (χ4v) is 1.53. The molecule has 1 aromatic rings. The first-order chi connectivity index (χ1) is 7.11. The smallest absolute Gasteiger partial charge is 0.307 e. The van der Waals surface area contributed by atoms with E-state index in [2.05, 4.69) is 0 Å². The Balaban J connectivity index is 2.79. The number of hydrogen-bond donors (Lipinski definition) is 1. The van der Waals surface area contributed by atoms with Crippen molar-refractivity contribution < 1.29 is 14.6 Å². The number of ether oxygens (including phenoxy) is 1. The van der Waals surface area contributed by atoms with Crippen LogP contribution in [-0.4, -0.2) is 17.7 Å². The third kappa shape index (κ3) is 4.13. The molecule has 0 radical (unpaired) electrons. The summed E-state index contributed by atoms with van der Waals surface area (Å²) in [6, 6.07) is 5.79. The van der Waals surface area contributed by atoms with E-state index < -0.39 is 5.97 Å². The quantitative estimate of drug-likeness (QED) is 0.806. The second-order valence-electron chi connectivity index (χ2n) is 3.53. The number of aliphatic carboxylic acids is 1. The van der Waals surface area contributed by atoms with Gasteiger partial charge >= 0.3 is 5.97 Å². The Morgan fingerprint density at radius 1 is 1.33 bits per heavy atom. The van der Waals surface area contributed by atoms with Crippen LogP contribution in [0.25, 0.3) is 0 Å². The average molecular weight is 208 g/mol. The summed E-state index contributed by atoms with van der Waals surface area (Å²) in [5.74, 6) is -0.803.